The van der Waals surface area contributed by atoms with Crippen molar-refractivity contribution in [3.8, 4) is 0 Å². The van der Waals surface area contributed by atoms with Crippen molar-refractivity contribution >= 4 is 11.8 Å². The first kappa shape index (κ1) is 18.5. The minimum Gasteiger partial charge on any atom is -0.345 e. The van der Waals surface area contributed by atoms with Crippen LogP contribution in [0.4, 0.5) is 0 Å². The second-order valence-corrected chi connectivity index (χ2v) is 7.57. The summed E-state index contributed by atoms with van der Waals surface area (Å²) >= 11 is 0. The molecule has 2 amide bonds. The first-order chi connectivity index (χ1) is 11.3. The van der Waals surface area contributed by atoms with Crippen molar-refractivity contribution in [2.45, 2.75) is 32.7 Å². The van der Waals surface area contributed by atoms with Crippen LogP contribution in [0.25, 0.3) is 0 Å². The summed E-state index contributed by atoms with van der Waals surface area (Å²) in [6.07, 6.45) is 1.01. The van der Waals surface area contributed by atoms with Crippen molar-refractivity contribution in [1.29, 1.82) is 0 Å². The molecule has 1 heterocycles. The highest BCUT2D eigenvalue weighted by molar-refractivity contribution is 5.84. The first-order valence-electron chi connectivity index (χ1n) is 8.52. The average Bonchev–Trinajstić information content (AvgIpc) is 2.57. The highest BCUT2D eigenvalue weighted by atomic mass is 16.2. The van der Waals surface area contributed by atoms with Crippen LogP contribution < -0.4 is 5.73 Å². The van der Waals surface area contributed by atoms with Gasteiger partial charge in [-0.1, -0.05) is 44.2 Å². The lowest BCUT2D eigenvalue weighted by molar-refractivity contribution is -0.146. The Balaban J connectivity index is 2.25. The summed E-state index contributed by atoms with van der Waals surface area (Å²) in [7, 11) is 3.63. The third-order valence-electron chi connectivity index (χ3n) is 4.91. The zero-order valence-electron chi connectivity index (χ0n) is 15.2. The molecule has 2 rings (SSSR count). The van der Waals surface area contributed by atoms with E-state index in [1.54, 1.807) is 16.8 Å². The molecule has 1 saturated heterocycles. The van der Waals surface area contributed by atoms with Gasteiger partial charge in [0.15, 0.2) is 0 Å². The number of nitrogens with two attached hydrogens (primary N) is 1. The van der Waals surface area contributed by atoms with Crippen LogP contribution >= 0.6 is 0 Å². The third-order valence-corrected chi connectivity index (χ3v) is 4.91. The molecule has 1 fully saturated rings. The van der Waals surface area contributed by atoms with E-state index in [1.165, 1.54) is 0 Å². The lowest BCUT2D eigenvalue weighted by atomic mass is 9.83. The molecule has 0 bridgehead atoms. The quantitative estimate of drug-likeness (QED) is 0.898. The standard InChI is InChI=1S/C19H29N3O2/c1-19(2,12-20)13-21(3)18(24)15-10-11-16(23)22(4)17(15)14-8-6-5-7-9-14/h5-9,15,17H,10-13,20H2,1-4H3. The number of nitrogens with zero attached hydrogens (tertiary/aromatic N) is 2. The molecule has 1 aromatic carbocycles. The van der Waals surface area contributed by atoms with Crippen LogP contribution in [0.5, 0.6) is 0 Å². The van der Waals surface area contributed by atoms with Crippen molar-refractivity contribution in [2.24, 2.45) is 17.1 Å². The van der Waals surface area contributed by atoms with E-state index in [0.717, 1.165) is 5.56 Å². The van der Waals surface area contributed by atoms with Gasteiger partial charge in [0.25, 0.3) is 0 Å². The molecule has 132 valence electrons. The molecule has 0 aromatic heterocycles. The molecule has 2 atom stereocenters. The van der Waals surface area contributed by atoms with Gasteiger partial charge >= 0.3 is 0 Å². The number of likely N-dealkylation sites (tertiary alicyclic amines) is 1. The van der Waals surface area contributed by atoms with Crippen molar-refractivity contribution in [3.63, 3.8) is 0 Å². The second kappa shape index (κ2) is 7.34. The third kappa shape index (κ3) is 3.96. The number of hydrogen-bond donors (Lipinski definition) is 1. The van der Waals surface area contributed by atoms with Crippen molar-refractivity contribution < 1.29 is 9.59 Å². The normalized spacial score (nSPS) is 21.7. The second-order valence-electron chi connectivity index (χ2n) is 7.57. The van der Waals surface area contributed by atoms with Gasteiger partial charge in [0.05, 0.1) is 12.0 Å². The number of rotatable bonds is 5. The van der Waals surface area contributed by atoms with Crippen LogP contribution in [0.2, 0.25) is 0 Å². The van der Waals surface area contributed by atoms with Gasteiger partial charge < -0.3 is 15.5 Å². The Labute approximate surface area is 144 Å². The van der Waals surface area contributed by atoms with Crippen LogP contribution in [0.15, 0.2) is 30.3 Å². The van der Waals surface area contributed by atoms with Gasteiger partial charge in [-0.05, 0) is 23.9 Å². The first-order valence-corrected chi connectivity index (χ1v) is 8.52. The fourth-order valence-corrected chi connectivity index (χ4v) is 3.47. The van der Waals surface area contributed by atoms with E-state index in [9.17, 15) is 9.59 Å². The molecule has 2 N–H and O–H groups in total. The Kier molecular flexibility index (Phi) is 5.65. The minimum atomic E-state index is -0.214. The van der Waals surface area contributed by atoms with Gasteiger partial charge in [0.2, 0.25) is 11.8 Å². The molecular weight excluding hydrogens is 302 g/mol. The molecule has 5 heteroatoms. The van der Waals surface area contributed by atoms with Crippen LogP contribution in [-0.2, 0) is 9.59 Å². The number of carbonyl (C=O) groups excluding carboxylic acids is 2. The molecule has 24 heavy (non-hydrogen) atoms. The molecule has 1 aliphatic heterocycles. The number of amides is 2. The monoisotopic (exact) mass is 331 g/mol. The van der Waals surface area contributed by atoms with Gasteiger partial charge in [-0.15, -0.1) is 0 Å². The van der Waals surface area contributed by atoms with E-state index in [2.05, 4.69) is 13.8 Å². The number of piperidine rings is 1. The van der Waals surface area contributed by atoms with E-state index < -0.39 is 0 Å². The van der Waals surface area contributed by atoms with Gasteiger partial charge in [-0.25, -0.2) is 0 Å². The number of benzene rings is 1. The largest absolute Gasteiger partial charge is 0.345 e. The predicted octanol–water partition coefficient (Wildman–Crippen LogP) is 2.04. The summed E-state index contributed by atoms with van der Waals surface area (Å²) in [4.78, 5) is 28.8. The zero-order chi connectivity index (χ0) is 17.9. The number of hydrogen-bond acceptors (Lipinski definition) is 3. The highest BCUT2D eigenvalue weighted by Gasteiger charge is 2.40. The van der Waals surface area contributed by atoms with E-state index in [1.807, 2.05) is 37.4 Å². The van der Waals surface area contributed by atoms with Crippen molar-refractivity contribution in [1.82, 2.24) is 9.80 Å². The minimum absolute atomic E-state index is 0.0877. The average molecular weight is 331 g/mol. The van der Waals surface area contributed by atoms with Gasteiger partial charge in [-0.2, -0.15) is 0 Å². The van der Waals surface area contributed by atoms with E-state index in [-0.39, 0.29) is 29.2 Å². The summed E-state index contributed by atoms with van der Waals surface area (Å²) in [6.45, 7) is 5.25. The maximum absolute atomic E-state index is 13.1. The summed E-state index contributed by atoms with van der Waals surface area (Å²) in [5, 5.41) is 0. The Hall–Kier alpha value is -1.88. The van der Waals surface area contributed by atoms with Gasteiger partial charge in [-0.3, -0.25) is 9.59 Å². The molecule has 0 aliphatic carbocycles. The summed E-state index contributed by atoms with van der Waals surface area (Å²) < 4.78 is 0. The summed E-state index contributed by atoms with van der Waals surface area (Å²) in [6, 6.07) is 9.62. The molecule has 0 spiro atoms. The lowest BCUT2D eigenvalue weighted by Crippen LogP contribution is -2.49. The fourth-order valence-electron chi connectivity index (χ4n) is 3.47. The molecule has 0 radical (unpaired) electrons. The zero-order valence-corrected chi connectivity index (χ0v) is 15.2. The van der Waals surface area contributed by atoms with E-state index in [0.29, 0.717) is 25.9 Å². The molecule has 1 aromatic rings. The maximum atomic E-state index is 13.1. The van der Waals surface area contributed by atoms with E-state index >= 15 is 0 Å². The Morgan fingerprint density at radius 1 is 1.33 bits per heavy atom. The molecule has 0 saturated carbocycles. The lowest BCUT2D eigenvalue weighted by Gasteiger charge is -2.41. The Bertz CT molecular complexity index is 586. The van der Waals surface area contributed by atoms with Crippen molar-refractivity contribution in [2.75, 3.05) is 27.2 Å². The van der Waals surface area contributed by atoms with Crippen LogP contribution in [0.3, 0.4) is 0 Å². The molecule has 2 unspecified atom stereocenters. The SMILES string of the molecule is CN(CC(C)(C)CN)C(=O)C1CCC(=O)N(C)C1c1ccccc1. The number of carbonyl (C=O) groups is 2. The highest BCUT2D eigenvalue weighted by Crippen LogP contribution is 2.37. The maximum Gasteiger partial charge on any atom is 0.227 e. The van der Waals surface area contributed by atoms with Gasteiger partial charge in [0.1, 0.15) is 0 Å². The topological polar surface area (TPSA) is 66.6 Å². The summed E-state index contributed by atoms with van der Waals surface area (Å²) in [5.74, 6) is -0.0313. The Morgan fingerprint density at radius 2 is 1.96 bits per heavy atom. The predicted molar refractivity (Wildman–Crippen MR) is 95.1 cm³/mol. The smallest absolute Gasteiger partial charge is 0.227 e. The fraction of sp³-hybridized carbons (Fsp3) is 0.579. The molecule has 5 nitrogen and oxygen atoms in total. The summed E-state index contributed by atoms with van der Waals surface area (Å²) in [5.41, 5.74) is 6.69. The Morgan fingerprint density at radius 3 is 2.54 bits per heavy atom. The van der Waals surface area contributed by atoms with Crippen LogP contribution in [0, 0.1) is 11.3 Å². The van der Waals surface area contributed by atoms with Gasteiger partial charge in [0, 0.05) is 27.1 Å². The van der Waals surface area contributed by atoms with E-state index in [4.69, 9.17) is 5.73 Å². The molecular formula is C19H29N3O2. The van der Waals surface area contributed by atoms with Crippen LogP contribution in [-0.4, -0.2) is 48.8 Å². The molecule has 1 aliphatic rings. The van der Waals surface area contributed by atoms with Crippen LogP contribution in [0.1, 0.15) is 38.3 Å². The van der Waals surface area contributed by atoms with Crippen molar-refractivity contribution in [3.05, 3.63) is 35.9 Å².